The second-order valence-electron chi connectivity index (χ2n) is 9.69. The normalized spacial score (nSPS) is 12.5. The highest BCUT2D eigenvalue weighted by Crippen LogP contribution is 2.29. The Morgan fingerprint density at radius 2 is 1.69 bits per heavy atom. The highest BCUT2D eigenvalue weighted by atomic mass is 32.2. The SMILES string of the molecule is COC(=O)[C@H](CCS(C)(=O)=O)NC(=O)c1ccc(/C=C(/Cn2ccnc2)c2ccc(F)cc2)cc1-c1ccc(F)cc1. The van der Waals surface area contributed by atoms with Gasteiger partial charge in [-0.15, -0.1) is 0 Å². The van der Waals surface area contributed by atoms with E-state index < -0.39 is 33.6 Å². The molecule has 218 valence electrons. The molecular weight excluding hydrogens is 564 g/mol. The Kier molecular flexibility index (Phi) is 9.64. The molecule has 1 N–H and O–H groups in total. The lowest BCUT2D eigenvalue weighted by molar-refractivity contribution is -0.142. The van der Waals surface area contributed by atoms with Crippen molar-refractivity contribution >= 4 is 33.4 Å². The van der Waals surface area contributed by atoms with Crippen molar-refractivity contribution in [3.05, 3.63) is 114 Å². The molecule has 0 spiro atoms. The minimum Gasteiger partial charge on any atom is -0.467 e. The van der Waals surface area contributed by atoms with Gasteiger partial charge >= 0.3 is 5.97 Å². The summed E-state index contributed by atoms with van der Waals surface area (Å²) < 4.78 is 57.4. The van der Waals surface area contributed by atoms with Crippen LogP contribution in [0.3, 0.4) is 0 Å². The smallest absolute Gasteiger partial charge is 0.328 e. The number of aromatic nitrogens is 2. The summed E-state index contributed by atoms with van der Waals surface area (Å²) >= 11 is 0. The van der Waals surface area contributed by atoms with Gasteiger partial charge < -0.3 is 14.6 Å². The quantitative estimate of drug-likeness (QED) is 0.198. The number of ether oxygens (including phenoxy) is 1. The van der Waals surface area contributed by atoms with Crippen LogP contribution in [0.5, 0.6) is 0 Å². The average Bonchev–Trinajstić information content (AvgIpc) is 3.48. The molecule has 1 atom stereocenters. The van der Waals surface area contributed by atoms with E-state index in [9.17, 15) is 26.8 Å². The molecule has 1 amide bonds. The van der Waals surface area contributed by atoms with Crippen molar-refractivity contribution < 1.29 is 31.5 Å². The highest BCUT2D eigenvalue weighted by Gasteiger charge is 2.25. The minimum absolute atomic E-state index is 0.167. The number of allylic oxidation sites excluding steroid dienone is 1. The van der Waals surface area contributed by atoms with E-state index in [2.05, 4.69) is 10.3 Å². The summed E-state index contributed by atoms with van der Waals surface area (Å²) in [6, 6.07) is 15.5. The van der Waals surface area contributed by atoms with Gasteiger partial charge in [0.05, 0.1) is 19.2 Å². The number of amides is 1. The molecule has 3 aromatic carbocycles. The van der Waals surface area contributed by atoms with Gasteiger partial charge in [0.2, 0.25) is 0 Å². The number of nitrogens with one attached hydrogen (secondary N) is 1. The third kappa shape index (κ3) is 8.20. The first kappa shape index (κ1) is 30.3. The number of esters is 1. The largest absolute Gasteiger partial charge is 0.467 e. The second-order valence-corrected chi connectivity index (χ2v) is 12.0. The van der Waals surface area contributed by atoms with Crippen LogP contribution in [0.1, 0.15) is 27.9 Å². The average molecular weight is 594 g/mol. The van der Waals surface area contributed by atoms with E-state index in [1.807, 2.05) is 10.6 Å². The summed E-state index contributed by atoms with van der Waals surface area (Å²) in [6.07, 6.45) is 7.88. The third-order valence-corrected chi connectivity index (χ3v) is 7.46. The lowest BCUT2D eigenvalue weighted by Gasteiger charge is -2.18. The number of rotatable bonds is 11. The summed E-state index contributed by atoms with van der Waals surface area (Å²) in [7, 11) is -2.26. The molecule has 1 heterocycles. The Hall–Kier alpha value is -4.64. The zero-order valence-corrected chi connectivity index (χ0v) is 23.8. The first-order valence-electron chi connectivity index (χ1n) is 12.9. The summed E-state index contributed by atoms with van der Waals surface area (Å²) in [5, 5.41) is 2.59. The van der Waals surface area contributed by atoms with Gasteiger partial charge in [-0.25, -0.2) is 27.0 Å². The van der Waals surface area contributed by atoms with Crippen LogP contribution in [-0.2, 0) is 25.9 Å². The van der Waals surface area contributed by atoms with Crippen LogP contribution in [0.25, 0.3) is 22.8 Å². The van der Waals surface area contributed by atoms with Crippen molar-refractivity contribution in [2.24, 2.45) is 0 Å². The number of imidazole rings is 1. The van der Waals surface area contributed by atoms with Crippen LogP contribution in [0, 0.1) is 11.6 Å². The molecule has 0 radical (unpaired) electrons. The van der Waals surface area contributed by atoms with Crippen molar-refractivity contribution in [3.8, 4) is 11.1 Å². The van der Waals surface area contributed by atoms with Gasteiger partial charge in [0.1, 0.15) is 27.5 Å². The van der Waals surface area contributed by atoms with Gasteiger partial charge in [0.15, 0.2) is 0 Å². The lowest BCUT2D eigenvalue weighted by Crippen LogP contribution is -2.42. The predicted octanol–water partition coefficient (Wildman–Crippen LogP) is 4.78. The Morgan fingerprint density at radius 3 is 2.29 bits per heavy atom. The summed E-state index contributed by atoms with van der Waals surface area (Å²) in [4.78, 5) is 29.9. The molecular formula is C31H29F2N3O5S. The monoisotopic (exact) mass is 593 g/mol. The second kappa shape index (κ2) is 13.3. The fourth-order valence-electron chi connectivity index (χ4n) is 4.34. The number of benzene rings is 3. The molecule has 0 unspecified atom stereocenters. The van der Waals surface area contributed by atoms with Gasteiger partial charge in [-0.3, -0.25) is 4.79 Å². The minimum atomic E-state index is -3.41. The van der Waals surface area contributed by atoms with Crippen LogP contribution < -0.4 is 5.32 Å². The third-order valence-electron chi connectivity index (χ3n) is 6.48. The van der Waals surface area contributed by atoms with Crippen molar-refractivity contribution in [2.75, 3.05) is 19.1 Å². The molecule has 0 fully saturated rings. The molecule has 42 heavy (non-hydrogen) atoms. The van der Waals surface area contributed by atoms with Gasteiger partial charge in [0.25, 0.3) is 5.91 Å². The number of methoxy groups -OCH3 is 1. The lowest BCUT2D eigenvalue weighted by atomic mass is 9.94. The standard InChI is InChI=1S/C31H29F2N3O5S/c1-41-31(38)29(13-16-42(2,39)40)35-30(37)27-12-3-21(18-28(27)23-6-10-26(33)11-7-23)17-24(19-36-15-14-34-20-36)22-4-8-25(32)9-5-22/h3-12,14-15,17-18,20,29H,13,16,19H2,1-2H3,(H,35,37)/b24-17-/t29-/m0/s1. The summed E-state index contributed by atoms with van der Waals surface area (Å²) in [6.45, 7) is 0.431. The molecule has 0 bridgehead atoms. The van der Waals surface area contributed by atoms with E-state index >= 15 is 0 Å². The molecule has 4 aromatic rings. The van der Waals surface area contributed by atoms with Gasteiger partial charge in [0, 0.05) is 30.8 Å². The molecule has 0 aliphatic carbocycles. The molecule has 0 aliphatic rings. The van der Waals surface area contributed by atoms with E-state index in [4.69, 9.17) is 4.74 Å². The van der Waals surface area contributed by atoms with Crippen molar-refractivity contribution in [2.45, 2.75) is 19.0 Å². The molecule has 0 aliphatic heterocycles. The van der Waals surface area contributed by atoms with Crippen molar-refractivity contribution in [3.63, 3.8) is 0 Å². The molecule has 1 aromatic heterocycles. The number of hydrogen-bond donors (Lipinski definition) is 1. The van der Waals surface area contributed by atoms with E-state index in [0.29, 0.717) is 23.2 Å². The Bertz CT molecular complexity index is 1690. The van der Waals surface area contributed by atoms with E-state index in [1.54, 1.807) is 49.1 Å². The molecule has 4 rings (SSSR count). The predicted molar refractivity (Wildman–Crippen MR) is 156 cm³/mol. The van der Waals surface area contributed by atoms with E-state index in [0.717, 1.165) is 24.5 Å². The number of carbonyl (C=O) groups is 2. The first-order chi connectivity index (χ1) is 20.0. The molecule has 0 saturated carbocycles. The van der Waals surface area contributed by atoms with Gasteiger partial charge in [-0.05, 0) is 76.7 Å². The fraction of sp³-hybridized carbons (Fsp3) is 0.194. The van der Waals surface area contributed by atoms with Crippen LogP contribution in [0.2, 0.25) is 0 Å². The zero-order chi connectivity index (χ0) is 30.3. The molecule has 0 saturated heterocycles. The maximum atomic E-state index is 13.8. The number of halogens is 2. The number of carbonyl (C=O) groups excluding carboxylic acids is 2. The number of hydrogen-bond acceptors (Lipinski definition) is 6. The van der Waals surface area contributed by atoms with Crippen LogP contribution in [0.15, 0.2) is 85.5 Å². The summed E-state index contributed by atoms with van der Waals surface area (Å²) in [5.74, 6) is -2.56. The van der Waals surface area contributed by atoms with E-state index in [1.165, 1.54) is 36.4 Å². The van der Waals surface area contributed by atoms with Crippen molar-refractivity contribution in [1.29, 1.82) is 0 Å². The zero-order valence-electron chi connectivity index (χ0n) is 23.0. The Morgan fingerprint density at radius 1 is 1.02 bits per heavy atom. The molecule has 8 nitrogen and oxygen atoms in total. The number of nitrogens with zero attached hydrogens (tertiary/aromatic N) is 2. The summed E-state index contributed by atoms with van der Waals surface area (Å²) in [5.41, 5.74) is 3.50. The van der Waals surface area contributed by atoms with Gasteiger partial charge in [-0.1, -0.05) is 30.3 Å². The molecule has 11 heteroatoms. The highest BCUT2D eigenvalue weighted by molar-refractivity contribution is 7.90. The van der Waals surface area contributed by atoms with Crippen molar-refractivity contribution in [1.82, 2.24) is 14.9 Å². The first-order valence-corrected chi connectivity index (χ1v) is 15.0. The Labute approximate surface area is 242 Å². The van der Waals surface area contributed by atoms with Crippen LogP contribution in [0.4, 0.5) is 8.78 Å². The van der Waals surface area contributed by atoms with Crippen LogP contribution >= 0.6 is 0 Å². The van der Waals surface area contributed by atoms with Crippen LogP contribution in [-0.4, -0.2) is 55.0 Å². The number of sulfone groups is 1. The fourth-order valence-corrected chi connectivity index (χ4v) is 5.00. The van der Waals surface area contributed by atoms with Gasteiger partial charge in [-0.2, -0.15) is 0 Å². The van der Waals surface area contributed by atoms with E-state index in [-0.39, 0.29) is 23.6 Å². The Balaban J connectivity index is 1.75. The maximum Gasteiger partial charge on any atom is 0.328 e. The topological polar surface area (TPSA) is 107 Å². The maximum absolute atomic E-state index is 13.8.